The molecule has 0 aliphatic carbocycles. The van der Waals surface area contributed by atoms with Crippen LogP contribution in [0.3, 0.4) is 0 Å². The molecule has 1 aromatic carbocycles. The Balaban J connectivity index is 3.39. The fourth-order valence-corrected chi connectivity index (χ4v) is 1.36. The standard InChI is InChI=1S/C11H10F3NO2/c1-3-7(2)8-4-5-10(15(16)17)9(6-8)11(12,13)14/h3-7H,1H2,2H3. The molecule has 3 nitrogen and oxygen atoms in total. The van der Waals surface area contributed by atoms with E-state index in [0.29, 0.717) is 5.56 Å². The highest BCUT2D eigenvalue weighted by atomic mass is 19.4. The van der Waals surface area contributed by atoms with Crippen molar-refractivity contribution in [2.75, 3.05) is 0 Å². The third-order valence-corrected chi connectivity index (χ3v) is 2.40. The molecule has 0 bridgehead atoms. The van der Waals surface area contributed by atoms with Crippen molar-refractivity contribution in [1.82, 2.24) is 0 Å². The van der Waals surface area contributed by atoms with Crippen LogP contribution in [0.1, 0.15) is 24.0 Å². The van der Waals surface area contributed by atoms with Crippen LogP contribution in [-0.4, -0.2) is 4.92 Å². The Morgan fingerprint density at radius 1 is 1.47 bits per heavy atom. The van der Waals surface area contributed by atoms with E-state index in [1.807, 2.05) is 0 Å². The van der Waals surface area contributed by atoms with Gasteiger partial charge in [0.25, 0.3) is 5.69 Å². The Hall–Kier alpha value is -1.85. The van der Waals surface area contributed by atoms with Gasteiger partial charge in [0.05, 0.1) is 4.92 Å². The summed E-state index contributed by atoms with van der Waals surface area (Å²) in [5, 5.41) is 10.5. The van der Waals surface area contributed by atoms with Crippen molar-refractivity contribution < 1.29 is 18.1 Å². The van der Waals surface area contributed by atoms with Gasteiger partial charge in [-0.3, -0.25) is 10.1 Å². The highest BCUT2D eigenvalue weighted by molar-refractivity contribution is 5.46. The number of nitrogens with zero attached hydrogens (tertiary/aromatic N) is 1. The van der Waals surface area contributed by atoms with Crippen molar-refractivity contribution in [1.29, 1.82) is 0 Å². The molecule has 1 atom stereocenters. The van der Waals surface area contributed by atoms with Gasteiger partial charge >= 0.3 is 6.18 Å². The summed E-state index contributed by atoms with van der Waals surface area (Å²) in [6, 6.07) is 2.97. The molecule has 0 aliphatic heterocycles. The van der Waals surface area contributed by atoms with Crippen LogP contribution in [0.2, 0.25) is 0 Å². The lowest BCUT2D eigenvalue weighted by Gasteiger charge is -2.11. The Labute approximate surface area is 95.7 Å². The molecule has 0 saturated heterocycles. The molecule has 17 heavy (non-hydrogen) atoms. The Morgan fingerprint density at radius 3 is 2.47 bits per heavy atom. The first-order chi connectivity index (χ1) is 7.77. The van der Waals surface area contributed by atoms with E-state index in [1.165, 1.54) is 12.1 Å². The zero-order valence-corrected chi connectivity index (χ0v) is 8.99. The van der Waals surface area contributed by atoms with Crippen LogP contribution < -0.4 is 0 Å². The number of hydrogen-bond donors (Lipinski definition) is 0. The number of hydrogen-bond acceptors (Lipinski definition) is 2. The van der Waals surface area contributed by atoms with Crippen molar-refractivity contribution in [2.45, 2.75) is 19.0 Å². The molecule has 6 heteroatoms. The monoisotopic (exact) mass is 245 g/mol. The molecule has 0 spiro atoms. The lowest BCUT2D eigenvalue weighted by molar-refractivity contribution is -0.388. The molecule has 0 saturated carbocycles. The summed E-state index contributed by atoms with van der Waals surface area (Å²) in [5.41, 5.74) is -1.82. The normalized spacial score (nSPS) is 13.2. The van der Waals surface area contributed by atoms with Crippen molar-refractivity contribution in [2.24, 2.45) is 0 Å². The van der Waals surface area contributed by atoms with Gasteiger partial charge in [-0.1, -0.05) is 19.1 Å². The van der Waals surface area contributed by atoms with Crippen LogP contribution in [0.5, 0.6) is 0 Å². The van der Waals surface area contributed by atoms with E-state index in [0.717, 1.165) is 12.1 Å². The zero-order valence-electron chi connectivity index (χ0n) is 8.99. The molecule has 92 valence electrons. The molecule has 0 aliphatic rings. The number of nitro groups is 1. The van der Waals surface area contributed by atoms with Gasteiger partial charge in [-0.2, -0.15) is 13.2 Å². The van der Waals surface area contributed by atoms with Gasteiger partial charge in [0.2, 0.25) is 0 Å². The molecular formula is C11H10F3NO2. The summed E-state index contributed by atoms with van der Waals surface area (Å²) in [4.78, 5) is 9.47. The van der Waals surface area contributed by atoms with E-state index in [1.54, 1.807) is 6.92 Å². The van der Waals surface area contributed by atoms with Crippen molar-refractivity contribution in [3.8, 4) is 0 Å². The van der Waals surface area contributed by atoms with Gasteiger partial charge in [-0.15, -0.1) is 6.58 Å². The smallest absolute Gasteiger partial charge is 0.258 e. The number of nitro benzene ring substituents is 1. The first-order valence-corrected chi connectivity index (χ1v) is 4.75. The first kappa shape index (κ1) is 13.2. The molecule has 1 unspecified atom stereocenters. The van der Waals surface area contributed by atoms with E-state index in [4.69, 9.17) is 0 Å². The third kappa shape index (κ3) is 2.83. The quantitative estimate of drug-likeness (QED) is 0.460. The maximum atomic E-state index is 12.6. The van der Waals surface area contributed by atoms with E-state index in [9.17, 15) is 23.3 Å². The van der Waals surface area contributed by atoms with Crippen molar-refractivity contribution in [3.05, 3.63) is 52.1 Å². The number of alkyl halides is 3. The van der Waals surface area contributed by atoms with Gasteiger partial charge in [0, 0.05) is 6.07 Å². The maximum Gasteiger partial charge on any atom is 0.423 e. The Bertz CT molecular complexity index is 455. The maximum absolute atomic E-state index is 12.6. The van der Waals surface area contributed by atoms with Crippen LogP contribution in [0.4, 0.5) is 18.9 Å². The minimum absolute atomic E-state index is 0.295. The predicted molar refractivity (Wildman–Crippen MR) is 56.7 cm³/mol. The van der Waals surface area contributed by atoms with Crippen LogP contribution >= 0.6 is 0 Å². The molecule has 0 N–H and O–H groups in total. The van der Waals surface area contributed by atoms with Crippen molar-refractivity contribution >= 4 is 5.69 Å². The Kier molecular flexibility index (Phi) is 3.55. The third-order valence-electron chi connectivity index (χ3n) is 2.40. The molecular weight excluding hydrogens is 235 g/mol. The van der Waals surface area contributed by atoms with E-state index in [-0.39, 0.29) is 5.92 Å². The average molecular weight is 245 g/mol. The Morgan fingerprint density at radius 2 is 2.06 bits per heavy atom. The highest BCUT2D eigenvalue weighted by Crippen LogP contribution is 2.37. The summed E-state index contributed by atoms with van der Waals surface area (Å²) in [6.07, 6.45) is -3.26. The van der Waals surface area contributed by atoms with Gasteiger partial charge < -0.3 is 0 Å². The lowest BCUT2D eigenvalue weighted by atomic mass is 9.98. The second-order valence-corrected chi connectivity index (χ2v) is 3.56. The number of halogens is 3. The molecule has 1 rings (SSSR count). The van der Waals surface area contributed by atoms with Crippen LogP contribution in [0, 0.1) is 10.1 Å². The van der Waals surface area contributed by atoms with E-state index in [2.05, 4.69) is 6.58 Å². The topological polar surface area (TPSA) is 43.1 Å². The molecule has 0 amide bonds. The summed E-state index contributed by atoms with van der Waals surface area (Å²) in [5.74, 6) is -0.295. The minimum Gasteiger partial charge on any atom is -0.258 e. The second kappa shape index (κ2) is 4.57. The van der Waals surface area contributed by atoms with Crippen molar-refractivity contribution in [3.63, 3.8) is 0 Å². The minimum atomic E-state index is -4.74. The van der Waals surface area contributed by atoms with E-state index >= 15 is 0 Å². The van der Waals surface area contributed by atoms with Gasteiger partial charge in [-0.25, -0.2) is 0 Å². The molecule has 0 aromatic heterocycles. The van der Waals surface area contributed by atoms with Gasteiger partial charge in [0.1, 0.15) is 5.56 Å². The molecule has 0 fully saturated rings. The predicted octanol–water partition coefficient (Wildman–Crippen LogP) is 3.90. The summed E-state index contributed by atoms with van der Waals surface area (Å²) in [7, 11) is 0. The average Bonchev–Trinajstić information content (AvgIpc) is 2.25. The van der Waals surface area contributed by atoms with Crippen LogP contribution in [0.25, 0.3) is 0 Å². The number of benzene rings is 1. The van der Waals surface area contributed by atoms with Crippen LogP contribution in [0.15, 0.2) is 30.9 Å². The van der Waals surface area contributed by atoms with Crippen LogP contribution in [-0.2, 0) is 6.18 Å². The number of rotatable bonds is 3. The first-order valence-electron chi connectivity index (χ1n) is 4.75. The molecule has 1 aromatic rings. The fourth-order valence-electron chi connectivity index (χ4n) is 1.36. The largest absolute Gasteiger partial charge is 0.423 e. The lowest BCUT2D eigenvalue weighted by Crippen LogP contribution is -2.10. The molecule has 0 heterocycles. The van der Waals surface area contributed by atoms with Gasteiger partial charge in [-0.05, 0) is 17.5 Å². The highest BCUT2D eigenvalue weighted by Gasteiger charge is 2.38. The number of allylic oxidation sites excluding steroid dienone is 1. The fraction of sp³-hybridized carbons (Fsp3) is 0.273. The summed E-state index contributed by atoms with van der Waals surface area (Å²) in [6.45, 7) is 5.13. The zero-order chi connectivity index (χ0) is 13.2. The van der Waals surface area contributed by atoms with E-state index < -0.39 is 22.4 Å². The SMILES string of the molecule is C=CC(C)c1ccc([N+](=O)[O-])c(C(F)(F)F)c1. The summed E-state index contributed by atoms with van der Waals surface area (Å²) < 4.78 is 37.9. The summed E-state index contributed by atoms with van der Waals surface area (Å²) >= 11 is 0. The molecule has 0 radical (unpaired) electrons. The van der Waals surface area contributed by atoms with Gasteiger partial charge in [0.15, 0.2) is 0 Å². The second-order valence-electron chi connectivity index (χ2n) is 3.56.